The summed E-state index contributed by atoms with van der Waals surface area (Å²) in [5, 5.41) is 6.15. The maximum Gasteiger partial charge on any atom is 0.253 e. The van der Waals surface area contributed by atoms with Crippen LogP contribution in [0.2, 0.25) is 0 Å². The van der Waals surface area contributed by atoms with Crippen molar-refractivity contribution in [1.82, 2.24) is 10.3 Å². The van der Waals surface area contributed by atoms with E-state index in [1.807, 2.05) is 32.0 Å². The van der Waals surface area contributed by atoms with Gasteiger partial charge in [-0.2, -0.15) is 0 Å². The number of rotatable bonds is 5. The molecule has 132 valence electrons. The second kappa shape index (κ2) is 7.78. The van der Waals surface area contributed by atoms with Crippen LogP contribution in [0.4, 0.5) is 15.8 Å². The van der Waals surface area contributed by atoms with Crippen molar-refractivity contribution in [1.29, 1.82) is 0 Å². The average molecular weight is 349 g/mol. The molecule has 1 amide bonds. The molecule has 0 aliphatic heterocycles. The summed E-state index contributed by atoms with van der Waals surface area (Å²) in [6.07, 6.45) is 3.21. The van der Waals surface area contributed by atoms with E-state index in [1.54, 1.807) is 24.4 Å². The molecule has 4 nitrogen and oxygen atoms in total. The number of hydrogen-bond acceptors (Lipinski definition) is 3. The minimum Gasteiger partial charge on any atom is -0.354 e. The number of halogens is 1. The van der Waals surface area contributed by atoms with Crippen molar-refractivity contribution >= 4 is 17.3 Å². The number of carbonyl (C=O) groups excluding carboxylic acids is 1. The van der Waals surface area contributed by atoms with Gasteiger partial charge in [-0.05, 0) is 48.7 Å². The second-order valence-corrected chi connectivity index (χ2v) is 6.16. The van der Waals surface area contributed by atoms with E-state index < -0.39 is 0 Å². The van der Waals surface area contributed by atoms with Crippen LogP contribution in [0.3, 0.4) is 0 Å². The van der Waals surface area contributed by atoms with E-state index in [1.165, 1.54) is 18.3 Å². The molecular formula is C21H20FN3O. The molecule has 0 radical (unpaired) electrons. The van der Waals surface area contributed by atoms with E-state index in [9.17, 15) is 9.18 Å². The Morgan fingerprint density at radius 1 is 1.04 bits per heavy atom. The highest BCUT2D eigenvalue weighted by molar-refractivity contribution is 5.94. The monoisotopic (exact) mass is 349 g/mol. The summed E-state index contributed by atoms with van der Waals surface area (Å²) < 4.78 is 12.9. The maximum absolute atomic E-state index is 12.9. The molecule has 0 saturated heterocycles. The van der Waals surface area contributed by atoms with Crippen LogP contribution in [-0.2, 0) is 6.54 Å². The van der Waals surface area contributed by atoms with Gasteiger partial charge in [0.2, 0.25) is 0 Å². The van der Waals surface area contributed by atoms with E-state index in [2.05, 4.69) is 15.6 Å². The first-order valence-corrected chi connectivity index (χ1v) is 8.34. The van der Waals surface area contributed by atoms with Gasteiger partial charge in [-0.25, -0.2) is 4.39 Å². The molecule has 26 heavy (non-hydrogen) atoms. The molecule has 0 unspecified atom stereocenters. The van der Waals surface area contributed by atoms with Gasteiger partial charge in [0.15, 0.2) is 0 Å². The Bertz CT molecular complexity index is 903. The first-order chi connectivity index (χ1) is 12.5. The molecule has 0 saturated carbocycles. The van der Waals surface area contributed by atoms with Crippen molar-refractivity contribution < 1.29 is 9.18 Å². The SMILES string of the molecule is Cc1cccc(C)c1Nc1cncc(C(=O)NCc2ccc(F)cc2)c1. The van der Waals surface area contributed by atoms with Gasteiger partial charge >= 0.3 is 0 Å². The first-order valence-electron chi connectivity index (χ1n) is 8.34. The molecule has 3 rings (SSSR count). The summed E-state index contributed by atoms with van der Waals surface area (Å²) >= 11 is 0. The Hall–Kier alpha value is -3.21. The number of amides is 1. The van der Waals surface area contributed by atoms with Crippen LogP contribution >= 0.6 is 0 Å². The van der Waals surface area contributed by atoms with Crippen molar-refractivity contribution in [2.75, 3.05) is 5.32 Å². The molecule has 0 atom stereocenters. The Kier molecular flexibility index (Phi) is 5.27. The maximum atomic E-state index is 12.9. The predicted molar refractivity (Wildman–Crippen MR) is 101 cm³/mol. The molecule has 0 aliphatic rings. The highest BCUT2D eigenvalue weighted by Gasteiger charge is 2.09. The van der Waals surface area contributed by atoms with Crippen molar-refractivity contribution in [2.45, 2.75) is 20.4 Å². The third-order valence-corrected chi connectivity index (χ3v) is 4.12. The zero-order chi connectivity index (χ0) is 18.5. The average Bonchev–Trinajstić information content (AvgIpc) is 2.64. The number of pyridine rings is 1. The van der Waals surface area contributed by atoms with E-state index in [0.717, 1.165) is 28.1 Å². The Morgan fingerprint density at radius 3 is 2.42 bits per heavy atom. The molecule has 1 aromatic heterocycles. The largest absolute Gasteiger partial charge is 0.354 e. The Balaban J connectivity index is 1.70. The molecule has 1 heterocycles. The third-order valence-electron chi connectivity index (χ3n) is 4.12. The fourth-order valence-electron chi connectivity index (χ4n) is 2.68. The Labute approximate surface area is 152 Å². The lowest BCUT2D eigenvalue weighted by Crippen LogP contribution is -2.23. The number of benzene rings is 2. The van der Waals surface area contributed by atoms with E-state index in [0.29, 0.717) is 12.1 Å². The van der Waals surface area contributed by atoms with Crippen molar-refractivity contribution in [3.8, 4) is 0 Å². The van der Waals surface area contributed by atoms with Gasteiger partial charge in [0.25, 0.3) is 5.91 Å². The topological polar surface area (TPSA) is 54.0 Å². The van der Waals surface area contributed by atoms with Gasteiger partial charge in [-0.3, -0.25) is 9.78 Å². The number of anilines is 2. The summed E-state index contributed by atoms with van der Waals surface area (Å²) in [6, 6.07) is 13.9. The molecule has 2 aromatic carbocycles. The summed E-state index contributed by atoms with van der Waals surface area (Å²) in [4.78, 5) is 16.5. The predicted octanol–water partition coefficient (Wildman–Crippen LogP) is 4.51. The fraction of sp³-hybridized carbons (Fsp3) is 0.143. The highest BCUT2D eigenvalue weighted by atomic mass is 19.1. The zero-order valence-corrected chi connectivity index (χ0v) is 14.7. The number of aromatic nitrogens is 1. The highest BCUT2D eigenvalue weighted by Crippen LogP contribution is 2.24. The third kappa shape index (κ3) is 4.25. The number of nitrogens with zero attached hydrogens (tertiary/aromatic N) is 1. The number of para-hydroxylation sites is 1. The van der Waals surface area contributed by atoms with Gasteiger partial charge in [-0.1, -0.05) is 30.3 Å². The van der Waals surface area contributed by atoms with Crippen LogP contribution in [0.1, 0.15) is 27.0 Å². The number of carbonyl (C=O) groups is 1. The Morgan fingerprint density at radius 2 is 1.73 bits per heavy atom. The van der Waals surface area contributed by atoms with Gasteiger partial charge in [0, 0.05) is 18.4 Å². The zero-order valence-electron chi connectivity index (χ0n) is 14.7. The van der Waals surface area contributed by atoms with Gasteiger partial charge in [0.05, 0.1) is 17.4 Å². The summed E-state index contributed by atoms with van der Waals surface area (Å²) in [5.41, 5.74) is 5.29. The quantitative estimate of drug-likeness (QED) is 0.712. The number of nitrogens with one attached hydrogen (secondary N) is 2. The van der Waals surface area contributed by atoms with Crippen molar-refractivity contribution in [2.24, 2.45) is 0 Å². The molecule has 3 aromatic rings. The summed E-state index contributed by atoms with van der Waals surface area (Å²) in [5.74, 6) is -0.526. The van der Waals surface area contributed by atoms with Gasteiger partial charge in [-0.15, -0.1) is 0 Å². The van der Waals surface area contributed by atoms with Crippen LogP contribution in [0, 0.1) is 19.7 Å². The lowest BCUT2D eigenvalue weighted by atomic mass is 10.1. The summed E-state index contributed by atoms with van der Waals surface area (Å²) in [6.45, 7) is 4.39. The molecule has 0 fully saturated rings. The van der Waals surface area contributed by atoms with Crippen LogP contribution < -0.4 is 10.6 Å². The fourth-order valence-corrected chi connectivity index (χ4v) is 2.68. The lowest BCUT2D eigenvalue weighted by molar-refractivity contribution is 0.0950. The van der Waals surface area contributed by atoms with Crippen LogP contribution in [0.15, 0.2) is 60.9 Å². The van der Waals surface area contributed by atoms with Gasteiger partial charge in [0.1, 0.15) is 5.82 Å². The minimum absolute atomic E-state index is 0.230. The second-order valence-electron chi connectivity index (χ2n) is 6.16. The van der Waals surface area contributed by atoms with Crippen LogP contribution in [-0.4, -0.2) is 10.9 Å². The van der Waals surface area contributed by atoms with Crippen LogP contribution in [0.25, 0.3) is 0 Å². The molecule has 0 spiro atoms. The summed E-state index contributed by atoms with van der Waals surface area (Å²) in [7, 11) is 0. The smallest absolute Gasteiger partial charge is 0.253 e. The standard InChI is InChI=1S/C21H20FN3O/c1-14-4-3-5-15(2)20(14)25-19-10-17(12-23-13-19)21(26)24-11-16-6-8-18(22)9-7-16/h3-10,12-13,25H,11H2,1-2H3,(H,24,26). The lowest BCUT2D eigenvalue weighted by Gasteiger charge is -2.13. The number of aryl methyl sites for hydroxylation is 2. The minimum atomic E-state index is -0.297. The van der Waals surface area contributed by atoms with E-state index >= 15 is 0 Å². The first kappa shape index (κ1) is 17.6. The van der Waals surface area contributed by atoms with Crippen LogP contribution in [0.5, 0.6) is 0 Å². The molecule has 0 aliphatic carbocycles. The molecule has 2 N–H and O–H groups in total. The molecule has 5 heteroatoms. The van der Waals surface area contributed by atoms with Gasteiger partial charge < -0.3 is 10.6 Å². The van der Waals surface area contributed by atoms with Crippen molar-refractivity contribution in [3.63, 3.8) is 0 Å². The van der Waals surface area contributed by atoms with Crippen molar-refractivity contribution in [3.05, 3.63) is 89.0 Å². The molecule has 0 bridgehead atoms. The van der Waals surface area contributed by atoms with E-state index in [4.69, 9.17) is 0 Å². The normalized spacial score (nSPS) is 10.4. The molecular weight excluding hydrogens is 329 g/mol. The number of hydrogen-bond donors (Lipinski definition) is 2. The van der Waals surface area contributed by atoms with E-state index in [-0.39, 0.29) is 11.7 Å².